The summed E-state index contributed by atoms with van der Waals surface area (Å²) in [5.74, 6) is 0.967. The number of carbonyl (C=O) groups is 1. The zero-order valence-electron chi connectivity index (χ0n) is 11.0. The number of amides is 1. The van der Waals surface area contributed by atoms with E-state index in [1.807, 2.05) is 12.1 Å². The summed E-state index contributed by atoms with van der Waals surface area (Å²) in [5.41, 5.74) is 8.29. The fraction of sp³-hybridized carbons (Fsp3) is 0.133. The molecule has 0 spiro atoms. The number of hydrogen-bond acceptors (Lipinski definition) is 3. The number of halogens is 2. The molecule has 3 rings (SSSR count). The first-order valence-electron chi connectivity index (χ1n) is 6.38. The summed E-state index contributed by atoms with van der Waals surface area (Å²) in [6, 6.07) is 8.89. The van der Waals surface area contributed by atoms with Crippen LogP contribution in [-0.2, 0) is 11.2 Å². The molecule has 4 nitrogen and oxygen atoms in total. The van der Waals surface area contributed by atoms with Crippen molar-refractivity contribution in [2.75, 3.05) is 11.1 Å². The molecule has 0 atom stereocenters. The summed E-state index contributed by atoms with van der Waals surface area (Å²) in [4.78, 5) is 11.5. The standard InChI is InChI=1S/C15H12BrClN2O2/c16-9-2-3-10(17)13(6-9)21-14-7-12-8(5-11(14)18)1-4-15(20)19-12/h2-3,5-7H,1,4,18H2,(H,19,20). The molecular weight excluding hydrogens is 356 g/mol. The Hall–Kier alpha value is -1.72. The Morgan fingerprint density at radius 2 is 2.00 bits per heavy atom. The van der Waals surface area contributed by atoms with Gasteiger partial charge in [-0.3, -0.25) is 4.79 Å². The minimum Gasteiger partial charge on any atom is -0.454 e. The van der Waals surface area contributed by atoms with Crippen molar-refractivity contribution in [2.45, 2.75) is 12.8 Å². The number of aryl methyl sites for hydroxylation is 1. The zero-order valence-corrected chi connectivity index (χ0v) is 13.3. The van der Waals surface area contributed by atoms with E-state index >= 15 is 0 Å². The van der Waals surface area contributed by atoms with Gasteiger partial charge in [-0.05, 0) is 36.2 Å². The van der Waals surface area contributed by atoms with Gasteiger partial charge in [-0.25, -0.2) is 0 Å². The number of benzene rings is 2. The van der Waals surface area contributed by atoms with E-state index in [0.29, 0.717) is 35.1 Å². The molecular formula is C15H12BrClN2O2. The fourth-order valence-electron chi connectivity index (χ4n) is 2.19. The lowest BCUT2D eigenvalue weighted by Crippen LogP contribution is -2.19. The number of rotatable bonds is 2. The van der Waals surface area contributed by atoms with Gasteiger partial charge in [-0.15, -0.1) is 0 Å². The number of carbonyl (C=O) groups excluding carboxylic acids is 1. The van der Waals surface area contributed by atoms with Crippen LogP contribution >= 0.6 is 27.5 Å². The van der Waals surface area contributed by atoms with Crippen molar-refractivity contribution in [1.82, 2.24) is 0 Å². The highest BCUT2D eigenvalue weighted by Gasteiger charge is 2.18. The average Bonchev–Trinajstić information content (AvgIpc) is 2.44. The minimum absolute atomic E-state index is 0.00120. The number of fused-ring (bicyclic) bond motifs is 1. The summed E-state index contributed by atoms with van der Waals surface area (Å²) in [7, 11) is 0. The monoisotopic (exact) mass is 366 g/mol. The maximum Gasteiger partial charge on any atom is 0.224 e. The molecule has 0 fully saturated rings. The highest BCUT2D eigenvalue weighted by molar-refractivity contribution is 9.10. The molecule has 1 amide bonds. The average molecular weight is 368 g/mol. The van der Waals surface area contributed by atoms with Gasteiger partial charge >= 0.3 is 0 Å². The molecule has 0 unspecified atom stereocenters. The SMILES string of the molecule is Nc1cc2c(cc1Oc1cc(Br)ccc1Cl)NC(=O)CC2. The van der Waals surface area contributed by atoms with Crippen molar-refractivity contribution >= 4 is 44.8 Å². The van der Waals surface area contributed by atoms with Crippen LogP contribution in [0.15, 0.2) is 34.8 Å². The van der Waals surface area contributed by atoms with E-state index in [9.17, 15) is 4.79 Å². The van der Waals surface area contributed by atoms with Crippen molar-refractivity contribution in [3.8, 4) is 11.5 Å². The highest BCUT2D eigenvalue weighted by Crippen LogP contribution is 2.38. The van der Waals surface area contributed by atoms with Gasteiger partial charge in [-0.2, -0.15) is 0 Å². The molecule has 3 N–H and O–H groups in total. The maximum absolute atomic E-state index is 11.5. The molecule has 1 aliphatic rings. The molecule has 21 heavy (non-hydrogen) atoms. The van der Waals surface area contributed by atoms with E-state index < -0.39 is 0 Å². The van der Waals surface area contributed by atoms with Gasteiger partial charge in [0.2, 0.25) is 5.91 Å². The molecule has 108 valence electrons. The van der Waals surface area contributed by atoms with E-state index in [1.165, 1.54) is 0 Å². The van der Waals surface area contributed by atoms with Gasteiger partial charge in [0.25, 0.3) is 0 Å². The molecule has 0 saturated carbocycles. The van der Waals surface area contributed by atoms with Crippen molar-refractivity contribution in [3.63, 3.8) is 0 Å². The first-order chi connectivity index (χ1) is 10.0. The third-order valence-electron chi connectivity index (χ3n) is 3.24. The Morgan fingerprint density at radius 3 is 2.81 bits per heavy atom. The summed E-state index contributed by atoms with van der Waals surface area (Å²) in [5, 5.41) is 3.31. The largest absolute Gasteiger partial charge is 0.454 e. The van der Waals surface area contributed by atoms with Crippen LogP contribution in [0.5, 0.6) is 11.5 Å². The lowest BCUT2D eigenvalue weighted by Gasteiger charge is -2.19. The maximum atomic E-state index is 11.5. The van der Waals surface area contributed by atoms with Crippen molar-refractivity contribution < 1.29 is 9.53 Å². The smallest absolute Gasteiger partial charge is 0.224 e. The molecule has 1 aliphatic heterocycles. The van der Waals surface area contributed by atoms with Crippen molar-refractivity contribution in [2.24, 2.45) is 0 Å². The summed E-state index contributed by atoms with van der Waals surface area (Å²) < 4.78 is 6.64. The molecule has 2 aromatic carbocycles. The third-order valence-corrected chi connectivity index (χ3v) is 4.05. The van der Waals surface area contributed by atoms with Crippen LogP contribution in [0.1, 0.15) is 12.0 Å². The van der Waals surface area contributed by atoms with Crippen LogP contribution in [0.4, 0.5) is 11.4 Å². The van der Waals surface area contributed by atoms with Crippen molar-refractivity contribution in [3.05, 3.63) is 45.4 Å². The van der Waals surface area contributed by atoms with Gasteiger partial charge in [-0.1, -0.05) is 27.5 Å². The third kappa shape index (κ3) is 2.99. The molecule has 0 saturated heterocycles. The summed E-state index contributed by atoms with van der Waals surface area (Å²) >= 11 is 9.48. The Kier molecular flexibility index (Phi) is 3.78. The molecule has 2 aromatic rings. The Balaban J connectivity index is 1.97. The van der Waals surface area contributed by atoms with Gasteiger partial charge in [0, 0.05) is 22.6 Å². The highest BCUT2D eigenvalue weighted by atomic mass is 79.9. The van der Waals surface area contributed by atoms with Crippen LogP contribution in [0, 0.1) is 0 Å². The van der Waals surface area contributed by atoms with Gasteiger partial charge in [0.15, 0.2) is 5.75 Å². The van der Waals surface area contributed by atoms with Gasteiger partial charge in [0.05, 0.1) is 10.7 Å². The number of hydrogen-bond donors (Lipinski definition) is 2. The second-order valence-corrected chi connectivity index (χ2v) is 6.10. The molecule has 1 heterocycles. The lowest BCUT2D eigenvalue weighted by atomic mass is 10.0. The number of nitrogens with one attached hydrogen (secondary N) is 1. The van der Waals surface area contributed by atoms with E-state index in [1.54, 1.807) is 18.2 Å². The Labute approximate surface area is 135 Å². The van der Waals surface area contributed by atoms with Crippen LogP contribution in [0.3, 0.4) is 0 Å². The van der Waals surface area contributed by atoms with E-state index in [4.69, 9.17) is 22.1 Å². The quantitative estimate of drug-likeness (QED) is 0.775. The first-order valence-corrected chi connectivity index (χ1v) is 7.55. The number of ether oxygens (including phenoxy) is 1. The summed E-state index contributed by atoms with van der Waals surface area (Å²) in [6.45, 7) is 0. The molecule has 6 heteroatoms. The van der Waals surface area contributed by atoms with Crippen molar-refractivity contribution in [1.29, 1.82) is 0 Å². The molecule has 0 aromatic heterocycles. The van der Waals surface area contributed by atoms with Crippen LogP contribution < -0.4 is 15.8 Å². The van der Waals surface area contributed by atoms with Gasteiger partial charge < -0.3 is 15.8 Å². The normalized spacial score (nSPS) is 13.5. The minimum atomic E-state index is -0.00120. The Bertz CT molecular complexity index is 734. The second-order valence-electron chi connectivity index (χ2n) is 4.77. The second kappa shape index (κ2) is 5.58. The van der Waals surface area contributed by atoms with Crippen LogP contribution in [0.25, 0.3) is 0 Å². The first kappa shape index (κ1) is 14.2. The Morgan fingerprint density at radius 1 is 1.19 bits per heavy atom. The van der Waals surface area contributed by atoms with Gasteiger partial charge in [0.1, 0.15) is 5.75 Å². The molecule has 0 bridgehead atoms. The van der Waals surface area contributed by atoms with E-state index in [0.717, 1.165) is 15.7 Å². The van der Waals surface area contributed by atoms with Crippen LogP contribution in [0.2, 0.25) is 5.02 Å². The fourth-order valence-corrected chi connectivity index (χ4v) is 2.69. The predicted molar refractivity (Wildman–Crippen MR) is 87.0 cm³/mol. The number of nitrogens with two attached hydrogens (primary N) is 1. The summed E-state index contributed by atoms with van der Waals surface area (Å²) in [6.07, 6.45) is 1.16. The van der Waals surface area contributed by atoms with E-state index in [2.05, 4.69) is 21.2 Å². The zero-order chi connectivity index (χ0) is 15.0. The molecule has 0 aliphatic carbocycles. The van der Waals surface area contributed by atoms with Crippen LogP contribution in [-0.4, -0.2) is 5.91 Å². The topological polar surface area (TPSA) is 64.3 Å². The number of nitrogen functional groups attached to an aromatic ring is 1. The molecule has 0 radical (unpaired) electrons. The lowest BCUT2D eigenvalue weighted by molar-refractivity contribution is -0.116. The van der Waals surface area contributed by atoms with E-state index in [-0.39, 0.29) is 5.91 Å². The predicted octanol–water partition coefficient (Wildman–Crippen LogP) is 4.36. The number of anilines is 2.